The monoisotopic (exact) mass is 442 g/mol. The largest absolute Gasteiger partial charge is 1.00 e. The number of fused-ring (bicyclic) bond motifs is 3. The first-order valence-electron chi connectivity index (χ1n) is 7.42. The van der Waals surface area contributed by atoms with Gasteiger partial charge in [-0.3, -0.25) is 0 Å². The third-order valence-corrected chi connectivity index (χ3v) is 22.0. The Labute approximate surface area is 159 Å². The van der Waals surface area contributed by atoms with E-state index in [1.807, 2.05) is 0 Å². The van der Waals surface area contributed by atoms with E-state index in [-0.39, 0.29) is 30.7 Å². The third kappa shape index (κ3) is 3.99. The Morgan fingerprint density at radius 2 is 1.39 bits per heavy atom. The molecule has 0 radical (unpaired) electrons. The summed E-state index contributed by atoms with van der Waals surface area (Å²) >= 11 is -2.02. The molecule has 0 heterocycles. The van der Waals surface area contributed by atoms with Gasteiger partial charge in [0, 0.05) is 0 Å². The summed E-state index contributed by atoms with van der Waals surface area (Å²) in [6, 6.07) is 17.5. The van der Waals surface area contributed by atoms with Gasteiger partial charge in [0.1, 0.15) is 0 Å². The second-order valence-electron chi connectivity index (χ2n) is 5.90. The van der Waals surface area contributed by atoms with Gasteiger partial charge in [0.05, 0.1) is 0 Å². The molecule has 121 valence electrons. The normalized spacial score (nSPS) is 11.8. The van der Waals surface area contributed by atoms with Crippen molar-refractivity contribution in [2.75, 3.05) is 0 Å². The Balaban J connectivity index is 0.00000132. The minimum absolute atomic E-state index is 0. The summed E-state index contributed by atoms with van der Waals surface area (Å²) in [5.41, 5.74) is 5.64. The molecule has 1 N–H and O–H groups in total. The van der Waals surface area contributed by atoms with Gasteiger partial charge >= 0.3 is 136 Å². The predicted molar refractivity (Wildman–Crippen MR) is 86.4 cm³/mol. The molecule has 0 saturated carbocycles. The number of benzene rings is 2. The van der Waals surface area contributed by atoms with E-state index in [2.05, 4.69) is 64.9 Å². The van der Waals surface area contributed by atoms with E-state index in [0.29, 0.717) is 3.63 Å². The summed E-state index contributed by atoms with van der Waals surface area (Å²) in [6.45, 7) is 6.46. The van der Waals surface area contributed by atoms with Crippen LogP contribution >= 0.6 is 0 Å². The number of hydrogen-bond acceptors (Lipinski definition) is 1. The Morgan fingerprint density at radius 3 is 1.78 bits per heavy atom. The van der Waals surface area contributed by atoms with Crippen LogP contribution < -0.4 is 28.1 Å². The van der Waals surface area contributed by atoms with Gasteiger partial charge in [-0.05, 0) is 0 Å². The molecule has 2 aromatic carbocycles. The van der Waals surface area contributed by atoms with Gasteiger partial charge in [-0.25, -0.2) is 0 Å². The first kappa shape index (κ1) is 20.6. The number of hydrogen-bond donors (Lipinski definition) is 1. The zero-order valence-electron chi connectivity index (χ0n) is 13.4. The summed E-state index contributed by atoms with van der Waals surface area (Å²) in [7, 11) is 0. The Morgan fingerprint density at radius 1 is 0.957 bits per heavy atom. The van der Waals surface area contributed by atoms with E-state index in [9.17, 15) is 4.79 Å². The average Bonchev–Trinajstić information content (AvgIpc) is 2.79. The zero-order valence-corrected chi connectivity index (χ0v) is 18.6. The van der Waals surface area contributed by atoms with Crippen LogP contribution in [0.2, 0.25) is 13.1 Å². The smallest absolute Gasteiger partial charge is 1.00 e. The summed E-state index contributed by atoms with van der Waals surface area (Å²) in [4.78, 5) is 11.7. The van der Waals surface area contributed by atoms with Crippen molar-refractivity contribution in [1.29, 1.82) is 0 Å². The van der Waals surface area contributed by atoms with Crippen molar-refractivity contribution >= 4 is 11.8 Å². The van der Waals surface area contributed by atoms with E-state index < -0.39 is 27.1 Å². The summed E-state index contributed by atoms with van der Waals surface area (Å²) < 4.78 is 3.92. The average molecular weight is 445 g/mol. The van der Waals surface area contributed by atoms with Crippen molar-refractivity contribution in [2.45, 2.75) is 23.6 Å². The topological polar surface area (TPSA) is 29.1 Å². The van der Waals surface area contributed by atoms with Crippen molar-refractivity contribution in [1.82, 2.24) is 3.26 Å². The van der Waals surface area contributed by atoms with Gasteiger partial charge in [0.15, 0.2) is 0 Å². The number of nitrogens with one attached hydrogen (secondary N) is 1. The molecule has 0 spiro atoms. The van der Waals surface area contributed by atoms with Crippen LogP contribution in [0.25, 0.3) is 11.1 Å². The SMILES string of the molecule is CC(=O)[NH][Zr+2]([CH]1c2ccccc2-c2ccccc21)[SiH](C)C.[Cl-].[Cl-]. The van der Waals surface area contributed by atoms with Crippen LogP contribution in [0.15, 0.2) is 48.5 Å². The summed E-state index contributed by atoms with van der Waals surface area (Å²) in [5, 5.41) is 0. The van der Waals surface area contributed by atoms with Crippen LogP contribution in [0.3, 0.4) is 0 Å². The van der Waals surface area contributed by atoms with Crippen molar-refractivity contribution in [3.63, 3.8) is 0 Å². The second kappa shape index (κ2) is 8.62. The zero-order chi connectivity index (χ0) is 15.0. The minimum atomic E-state index is -2.02. The number of carbonyl (C=O) groups excluding carboxylic acids is 1. The molecule has 0 bridgehead atoms. The molecule has 0 unspecified atom stereocenters. The molecular weight excluding hydrogens is 424 g/mol. The molecule has 6 heteroatoms. The molecule has 3 rings (SSSR count). The van der Waals surface area contributed by atoms with Crippen molar-refractivity contribution in [3.05, 3.63) is 59.7 Å². The fourth-order valence-corrected chi connectivity index (χ4v) is 18.8. The standard InChI is InChI=1S/C13H9.C2H5NO.C2H7Si.2ClH.Zr/c1-3-7-12-10(5-1)9-11-6-2-4-8-13(11)12;1-2(3)4;1-3-2;;;/h1-9H;1H3,(H2,3,4);3H,1-2H3;2*1H;/q;;;;;+3/p-3. The molecule has 23 heavy (non-hydrogen) atoms. The van der Waals surface area contributed by atoms with Crippen LogP contribution in [0.1, 0.15) is 21.7 Å². The summed E-state index contributed by atoms with van der Waals surface area (Å²) in [6.07, 6.45) is 0. The fraction of sp³-hybridized carbons (Fsp3) is 0.235. The summed E-state index contributed by atoms with van der Waals surface area (Å²) in [5.74, 6) is -0.688. The maximum Gasteiger partial charge on any atom is -1.00 e. The van der Waals surface area contributed by atoms with Crippen LogP contribution in [-0.2, 0) is 26.0 Å². The van der Waals surface area contributed by atoms with E-state index >= 15 is 0 Å². The number of rotatable bonds is 3. The van der Waals surface area contributed by atoms with Gasteiger partial charge in [-0.2, -0.15) is 0 Å². The van der Waals surface area contributed by atoms with Crippen molar-refractivity contribution < 1.29 is 50.8 Å². The van der Waals surface area contributed by atoms with Crippen LogP contribution in [-0.4, -0.2) is 11.8 Å². The molecule has 0 saturated heterocycles. The first-order chi connectivity index (χ1) is 10.1. The molecule has 1 aliphatic rings. The Bertz CT molecular complexity index is 650. The quantitative estimate of drug-likeness (QED) is 0.518. The second-order valence-corrected chi connectivity index (χ2v) is 24.7. The van der Waals surface area contributed by atoms with Crippen LogP contribution in [0, 0.1) is 0 Å². The molecule has 1 amide bonds. The van der Waals surface area contributed by atoms with Gasteiger partial charge in [-0.15, -0.1) is 0 Å². The molecule has 2 nitrogen and oxygen atoms in total. The molecular formula is C17H20Cl2NOSiZr. The minimum Gasteiger partial charge on any atom is -1.00 e. The van der Waals surface area contributed by atoms with E-state index in [4.69, 9.17) is 0 Å². The van der Waals surface area contributed by atoms with Crippen molar-refractivity contribution in [3.8, 4) is 11.1 Å². The number of halogens is 2. The van der Waals surface area contributed by atoms with Crippen LogP contribution in [0.4, 0.5) is 0 Å². The molecule has 0 atom stereocenters. The maximum atomic E-state index is 11.7. The first-order valence-corrected chi connectivity index (χ1v) is 17.2. The molecule has 1 aliphatic carbocycles. The molecule has 2 aromatic rings. The number of amides is 1. The van der Waals surface area contributed by atoms with Gasteiger partial charge < -0.3 is 24.8 Å². The van der Waals surface area contributed by atoms with Gasteiger partial charge in [-0.1, -0.05) is 0 Å². The van der Waals surface area contributed by atoms with Crippen molar-refractivity contribution in [2.24, 2.45) is 0 Å². The van der Waals surface area contributed by atoms with E-state index in [1.165, 1.54) is 22.3 Å². The number of carbonyl (C=O) groups is 1. The molecule has 0 aromatic heterocycles. The van der Waals surface area contributed by atoms with Gasteiger partial charge in [0.2, 0.25) is 0 Å². The van der Waals surface area contributed by atoms with Crippen LogP contribution in [0.5, 0.6) is 0 Å². The van der Waals surface area contributed by atoms with E-state index in [0.717, 1.165) is 0 Å². The predicted octanol–water partition coefficient (Wildman–Crippen LogP) is -2.58. The molecule has 0 fully saturated rings. The van der Waals surface area contributed by atoms with Gasteiger partial charge in [0.25, 0.3) is 0 Å². The van der Waals surface area contributed by atoms with E-state index in [1.54, 1.807) is 6.92 Å². The Kier molecular flexibility index (Phi) is 7.73. The maximum absolute atomic E-state index is 11.7. The Hall–Kier alpha value is -0.410. The fourth-order valence-electron chi connectivity index (χ4n) is 3.24. The third-order valence-electron chi connectivity index (χ3n) is 4.09. The molecule has 0 aliphatic heterocycles.